The molecule has 10 nitrogen and oxygen atoms in total. The molecule has 0 radical (unpaired) electrons. The van der Waals surface area contributed by atoms with Crippen LogP contribution in [0.25, 0.3) is 5.82 Å². The lowest BCUT2D eigenvalue weighted by Gasteiger charge is -2.09. The minimum absolute atomic E-state index is 0.121. The first kappa shape index (κ1) is 19.0. The van der Waals surface area contributed by atoms with Gasteiger partial charge in [-0.2, -0.15) is 0 Å². The van der Waals surface area contributed by atoms with Gasteiger partial charge >= 0.3 is 0 Å². The molecule has 144 valence electrons. The number of non-ortho nitro benzene ring substituents is 1. The van der Waals surface area contributed by atoms with Crippen molar-refractivity contribution in [3.05, 3.63) is 70.1 Å². The molecule has 0 spiro atoms. The van der Waals surface area contributed by atoms with E-state index in [0.717, 1.165) is 11.4 Å². The lowest BCUT2D eigenvalue weighted by molar-refractivity contribution is -0.384. The molecule has 1 amide bonds. The summed E-state index contributed by atoms with van der Waals surface area (Å²) in [6.45, 7) is 4.64. The normalized spacial score (nSPS) is 10.5. The second kappa shape index (κ2) is 8.25. The van der Waals surface area contributed by atoms with Gasteiger partial charge in [-0.1, -0.05) is 6.07 Å². The number of benzene rings is 1. The number of hydrogen-bond donors (Lipinski definition) is 2. The van der Waals surface area contributed by atoms with E-state index in [1.54, 1.807) is 12.4 Å². The summed E-state index contributed by atoms with van der Waals surface area (Å²) in [5, 5.41) is 16.6. The topological polar surface area (TPSA) is 128 Å². The van der Waals surface area contributed by atoms with Crippen molar-refractivity contribution < 1.29 is 9.72 Å². The highest BCUT2D eigenvalue weighted by molar-refractivity contribution is 5.94. The number of nitrogens with zero attached hydrogens (tertiary/aromatic N) is 5. The molecule has 1 aromatic carbocycles. The van der Waals surface area contributed by atoms with E-state index in [-0.39, 0.29) is 17.2 Å². The van der Waals surface area contributed by atoms with Crippen LogP contribution >= 0.6 is 0 Å². The number of nitrogens with one attached hydrogen (secondary N) is 2. The van der Waals surface area contributed by atoms with Crippen LogP contribution in [0.4, 0.5) is 11.5 Å². The number of carbonyl (C=O) groups excluding carboxylic acids is 1. The van der Waals surface area contributed by atoms with Crippen LogP contribution in [0.3, 0.4) is 0 Å². The molecule has 2 N–H and O–H groups in total. The summed E-state index contributed by atoms with van der Waals surface area (Å²) in [7, 11) is 0. The van der Waals surface area contributed by atoms with E-state index in [1.807, 2.05) is 18.4 Å². The number of nitro benzene ring substituents is 1. The first-order chi connectivity index (χ1) is 13.5. The van der Waals surface area contributed by atoms with Gasteiger partial charge in [0, 0.05) is 42.5 Å². The van der Waals surface area contributed by atoms with Crippen molar-refractivity contribution >= 4 is 17.4 Å². The molecule has 2 aromatic heterocycles. The van der Waals surface area contributed by atoms with Crippen molar-refractivity contribution in [2.45, 2.75) is 13.8 Å². The smallest absolute Gasteiger partial charge is 0.270 e. The minimum Gasteiger partial charge on any atom is -0.368 e. The SMILES string of the molecule is Cc1ncn(-c2cc(NCCNC(=O)c3cccc([N+](=O)[O-])c3)ncn2)c1C. The molecule has 0 fully saturated rings. The monoisotopic (exact) mass is 381 g/mol. The van der Waals surface area contributed by atoms with Gasteiger partial charge in [0.1, 0.15) is 24.3 Å². The third-order valence-corrected chi connectivity index (χ3v) is 4.19. The predicted octanol–water partition coefficient (Wildman–Crippen LogP) is 2.03. The van der Waals surface area contributed by atoms with Gasteiger partial charge in [0.25, 0.3) is 11.6 Å². The van der Waals surface area contributed by atoms with Gasteiger partial charge in [0.05, 0.1) is 10.6 Å². The van der Waals surface area contributed by atoms with E-state index in [9.17, 15) is 14.9 Å². The maximum absolute atomic E-state index is 12.1. The minimum atomic E-state index is -0.533. The Morgan fingerprint density at radius 2 is 2.00 bits per heavy atom. The highest BCUT2D eigenvalue weighted by Gasteiger charge is 2.11. The molecular weight excluding hydrogens is 362 g/mol. The number of hydrogen-bond acceptors (Lipinski definition) is 7. The molecule has 0 saturated carbocycles. The molecule has 0 saturated heterocycles. The predicted molar refractivity (Wildman–Crippen MR) is 103 cm³/mol. The van der Waals surface area contributed by atoms with Crippen molar-refractivity contribution in [2.75, 3.05) is 18.4 Å². The lowest BCUT2D eigenvalue weighted by atomic mass is 10.2. The number of carbonyl (C=O) groups is 1. The fraction of sp³-hybridized carbons (Fsp3) is 0.222. The van der Waals surface area contributed by atoms with Crippen LogP contribution < -0.4 is 10.6 Å². The molecule has 0 unspecified atom stereocenters. The quantitative estimate of drug-likeness (QED) is 0.364. The molecule has 0 atom stereocenters. The first-order valence-electron chi connectivity index (χ1n) is 8.55. The van der Waals surface area contributed by atoms with Gasteiger partial charge < -0.3 is 10.6 Å². The van der Waals surface area contributed by atoms with Crippen molar-refractivity contribution in [1.29, 1.82) is 0 Å². The van der Waals surface area contributed by atoms with Crippen molar-refractivity contribution in [2.24, 2.45) is 0 Å². The van der Waals surface area contributed by atoms with Crippen LogP contribution in [-0.2, 0) is 0 Å². The van der Waals surface area contributed by atoms with E-state index in [0.29, 0.717) is 24.7 Å². The summed E-state index contributed by atoms with van der Waals surface area (Å²) in [6, 6.07) is 7.38. The molecule has 0 bridgehead atoms. The van der Waals surface area contributed by atoms with Crippen LogP contribution in [0.2, 0.25) is 0 Å². The van der Waals surface area contributed by atoms with Crippen molar-refractivity contribution in [3.8, 4) is 5.82 Å². The summed E-state index contributed by atoms with van der Waals surface area (Å²) in [5.74, 6) is 0.926. The number of aromatic nitrogens is 4. The Labute approximate surface area is 160 Å². The molecule has 3 rings (SSSR count). The van der Waals surface area contributed by atoms with Crippen LogP contribution in [-0.4, -0.2) is 43.4 Å². The number of aryl methyl sites for hydroxylation is 1. The fourth-order valence-corrected chi connectivity index (χ4v) is 2.53. The maximum atomic E-state index is 12.1. The zero-order chi connectivity index (χ0) is 20.1. The molecule has 28 heavy (non-hydrogen) atoms. The van der Waals surface area contributed by atoms with Crippen LogP contribution in [0.15, 0.2) is 43.0 Å². The third-order valence-electron chi connectivity index (χ3n) is 4.19. The summed E-state index contributed by atoms with van der Waals surface area (Å²) in [5.41, 5.74) is 2.04. The Kier molecular flexibility index (Phi) is 5.58. The molecule has 0 aliphatic rings. The second-order valence-electron chi connectivity index (χ2n) is 6.04. The molecule has 0 aliphatic heterocycles. The van der Waals surface area contributed by atoms with Gasteiger partial charge in [-0.25, -0.2) is 15.0 Å². The van der Waals surface area contributed by atoms with E-state index >= 15 is 0 Å². The Balaban J connectivity index is 1.55. The number of rotatable bonds is 7. The highest BCUT2D eigenvalue weighted by atomic mass is 16.6. The van der Waals surface area contributed by atoms with Crippen LogP contribution in [0.1, 0.15) is 21.7 Å². The number of amides is 1. The van der Waals surface area contributed by atoms with Crippen LogP contribution in [0.5, 0.6) is 0 Å². The highest BCUT2D eigenvalue weighted by Crippen LogP contribution is 2.14. The number of nitro groups is 1. The van der Waals surface area contributed by atoms with E-state index in [1.165, 1.54) is 30.6 Å². The Morgan fingerprint density at radius 3 is 2.71 bits per heavy atom. The van der Waals surface area contributed by atoms with Gasteiger partial charge in [0.2, 0.25) is 0 Å². The third kappa shape index (κ3) is 4.29. The average molecular weight is 381 g/mol. The zero-order valence-corrected chi connectivity index (χ0v) is 15.4. The van der Waals surface area contributed by atoms with Crippen molar-refractivity contribution in [3.63, 3.8) is 0 Å². The first-order valence-corrected chi connectivity index (χ1v) is 8.55. The summed E-state index contributed by atoms with van der Waals surface area (Å²) < 4.78 is 1.87. The molecule has 2 heterocycles. The molecule has 3 aromatic rings. The van der Waals surface area contributed by atoms with Crippen molar-refractivity contribution in [1.82, 2.24) is 24.8 Å². The maximum Gasteiger partial charge on any atom is 0.270 e. The fourth-order valence-electron chi connectivity index (χ4n) is 2.53. The Bertz CT molecular complexity index is 1020. The second-order valence-corrected chi connectivity index (χ2v) is 6.04. The van der Waals surface area contributed by atoms with Crippen LogP contribution in [0, 0.1) is 24.0 Å². The molecular formula is C18H19N7O3. The molecule has 10 heteroatoms. The van der Waals surface area contributed by atoms with E-state index < -0.39 is 4.92 Å². The number of anilines is 1. The lowest BCUT2D eigenvalue weighted by Crippen LogP contribution is -2.28. The standard InChI is InChI=1S/C18H19N7O3/c1-12-13(2)24(11-23-12)17-9-16(21-10-22-17)19-6-7-20-18(26)14-4-3-5-15(8-14)25(27)28/h3-5,8-11H,6-7H2,1-2H3,(H,20,26)(H,19,21,22). The van der Waals surface area contributed by atoms with Gasteiger partial charge in [0.15, 0.2) is 0 Å². The average Bonchev–Trinajstić information content (AvgIpc) is 3.04. The Morgan fingerprint density at radius 1 is 1.18 bits per heavy atom. The van der Waals surface area contributed by atoms with E-state index in [4.69, 9.17) is 0 Å². The summed E-state index contributed by atoms with van der Waals surface area (Å²) >= 11 is 0. The van der Waals surface area contributed by atoms with E-state index in [2.05, 4.69) is 25.6 Å². The summed E-state index contributed by atoms with van der Waals surface area (Å²) in [4.78, 5) is 35.0. The van der Waals surface area contributed by atoms with Gasteiger partial charge in [-0.15, -0.1) is 0 Å². The molecule has 0 aliphatic carbocycles. The number of imidazole rings is 1. The largest absolute Gasteiger partial charge is 0.368 e. The summed E-state index contributed by atoms with van der Waals surface area (Å²) in [6.07, 6.45) is 3.16. The van der Waals surface area contributed by atoms with Gasteiger partial charge in [-0.3, -0.25) is 19.5 Å². The zero-order valence-electron chi connectivity index (χ0n) is 15.4. The van der Waals surface area contributed by atoms with Gasteiger partial charge in [-0.05, 0) is 19.9 Å². The Hall–Kier alpha value is -3.82.